The standard InChI is InChI=1S/C29H34N4O5S/c1-18-24(39-17-31-18)20-12-10-19(11-13-20)15-30-26(35)23-14-21(34)16-33(23)27(36)25(29(2,3)4)32-28(37)38-22-8-6-5-7-9-22/h5-13,17,21,23,25,34H,14-16H2,1-4H3,(H,30,35)(H,32,37)/t21-,23+,25-/m0/s1. The Kier molecular flexibility index (Phi) is 8.66. The molecule has 206 valence electrons. The minimum Gasteiger partial charge on any atom is -0.410 e. The number of aromatic nitrogens is 1. The van der Waals surface area contributed by atoms with Crippen molar-refractivity contribution >= 4 is 29.2 Å². The molecule has 1 fully saturated rings. The van der Waals surface area contributed by atoms with Gasteiger partial charge in [0.05, 0.1) is 22.2 Å². The van der Waals surface area contributed by atoms with E-state index in [1.165, 1.54) is 4.90 Å². The second-order valence-corrected chi connectivity index (χ2v) is 11.6. The van der Waals surface area contributed by atoms with Gasteiger partial charge in [0, 0.05) is 19.5 Å². The Labute approximate surface area is 232 Å². The van der Waals surface area contributed by atoms with Crippen molar-refractivity contribution in [3.63, 3.8) is 0 Å². The zero-order valence-corrected chi connectivity index (χ0v) is 23.3. The summed E-state index contributed by atoms with van der Waals surface area (Å²) in [4.78, 5) is 46.2. The molecule has 1 saturated heterocycles. The number of carbonyl (C=O) groups excluding carboxylic acids is 3. The molecule has 1 aliphatic heterocycles. The second-order valence-electron chi connectivity index (χ2n) is 10.7. The van der Waals surface area contributed by atoms with Gasteiger partial charge < -0.3 is 25.4 Å². The molecule has 0 saturated carbocycles. The fourth-order valence-corrected chi connectivity index (χ4v) is 5.33. The first-order valence-corrected chi connectivity index (χ1v) is 13.7. The zero-order valence-electron chi connectivity index (χ0n) is 22.5. The van der Waals surface area contributed by atoms with Gasteiger partial charge >= 0.3 is 6.09 Å². The molecular weight excluding hydrogens is 516 g/mol. The molecule has 0 bridgehead atoms. The lowest BCUT2D eigenvalue weighted by molar-refractivity contribution is -0.142. The third-order valence-electron chi connectivity index (χ3n) is 6.62. The number of para-hydroxylation sites is 1. The normalized spacial score (nSPS) is 17.9. The van der Waals surface area contributed by atoms with Crippen LogP contribution in [-0.4, -0.2) is 57.6 Å². The number of rotatable bonds is 7. The number of nitrogens with zero attached hydrogens (tertiary/aromatic N) is 2. The molecule has 39 heavy (non-hydrogen) atoms. The Hall–Kier alpha value is -3.76. The molecule has 0 spiro atoms. The lowest BCUT2D eigenvalue weighted by atomic mass is 9.85. The van der Waals surface area contributed by atoms with E-state index in [0.29, 0.717) is 5.75 Å². The predicted octanol–water partition coefficient (Wildman–Crippen LogP) is 3.90. The molecule has 3 aromatic rings. The molecule has 3 N–H and O–H groups in total. The fourth-order valence-electron chi connectivity index (χ4n) is 4.52. The summed E-state index contributed by atoms with van der Waals surface area (Å²) in [6.45, 7) is 7.70. The Morgan fingerprint density at radius 3 is 2.44 bits per heavy atom. The highest BCUT2D eigenvalue weighted by molar-refractivity contribution is 7.13. The summed E-state index contributed by atoms with van der Waals surface area (Å²) < 4.78 is 5.32. The highest BCUT2D eigenvalue weighted by atomic mass is 32.1. The summed E-state index contributed by atoms with van der Waals surface area (Å²) in [6.07, 6.45) is -1.50. The summed E-state index contributed by atoms with van der Waals surface area (Å²) in [5.41, 5.74) is 4.07. The first kappa shape index (κ1) is 28.3. The van der Waals surface area contributed by atoms with Crippen molar-refractivity contribution < 1.29 is 24.2 Å². The van der Waals surface area contributed by atoms with E-state index in [1.807, 2.05) is 57.5 Å². The largest absolute Gasteiger partial charge is 0.413 e. The first-order valence-electron chi connectivity index (χ1n) is 12.8. The summed E-state index contributed by atoms with van der Waals surface area (Å²) in [5.74, 6) is -0.463. The number of thiazole rings is 1. The van der Waals surface area contributed by atoms with Crippen molar-refractivity contribution in [3.05, 3.63) is 71.4 Å². The molecule has 2 aromatic carbocycles. The Balaban J connectivity index is 1.41. The van der Waals surface area contributed by atoms with Crippen LogP contribution in [0.5, 0.6) is 5.75 Å². The van der Waals surface area contributed by atoms with Crippen LogP contribution >= 0.6 is 11.3 Å². The van der Waals surface area contributed by atoms with Gasteiger partial charge in [0.1, 0.15) is 17.8 Å². The van der Waals surface area contributed by atoms with Gasteiger partial charge in [-0.2, -0.15) is 0 Å². The van der Waals surface area contributed by atoms with E-state index in [4.69, 9.17) is 4.74 Å². The molecule has 0 unspecified atom stereocenters. The lowest BCUT2D eigenvalue weighted by Gasteiger charge is -2.35. The SMILES string of the molecule is Cc1ncsc1-c1ccc(CNC(=O)[C@H]2C[C@H](O)CN2C(=O)[C@H](NC(=O)Oc2ccccc2)C(C)(C)C)cc1. The predicted molar refractivity (Wildman–Crippen MR) is 149 cm³/mol. The minimum atomic E-state index is -0.975. The van der Waals surface area contributed by atoms with E-state index in [2.05, 4.69) is 15.6 Å². The van der Waals surface area contributed by atoms with Crippen LogP contribution in [0.25, 0.3) is 10.4 Å². The van der Waals surface area contributed by atoms with Gasteiger partial charge in [-0.25, -0.2) is 9.78 Å². The maximum atomic E-state index is 13.7. The van der Waals surface area contributed by atoms with Gasteiger partial charge in [-0.15, -0.1) is 11.3 Å². The molecule has 1 aromatic heterocycles. The highest BCUT2D eigenvalue weighted by Crippen LogP contribution is 2.28. The average molecular weight is 551 g/mol. The molecule has 0 aliphatic carbocycles. The van der Waals surface area contributed by atoms with Crippen molar-refractivity contribution in [2.45, 2.75) is 58.8 Å². The molecule has 2 heterocycles. The molecule has 3 atom stereocenters. The van der Waals surface area contributed by atoms with Gasteiger partial charge in [0.15, 0.2) is 0 Å². The van der Waals surface area contributed by atoms with E-state index >= 15 is 0 Å². The monoisotopic (exact) mass is 550 g/mol. The van der Waals surface area contributed by atoms with Crippen LogP contribution in [0.4, 0.5) is 4.79 Å². The summed E-state index contributed by atoms with van der Waals surface area (Å²) >= 11 is 1.58. The number of β-amino-alcohol motifs (C(OH)–C–C–N with tert-alkyl or cyclic N) is 1. The number of nitrogens with one attached hydrogen (secondary N) is 2. The second kappa shape index (κ2) is 12.0. The topological polar surface area (TPSA) is 121 Å². The third kappa shape index (κ3) is 7.01. The number of hydrogen-bond acceptors (Lipinski definition) is 7. The van der Waals surface area contributed by atoms with Gasteiger partial charge in [-0.05, 0) is 35.6 Å². The summed E-state index contributed by atoms with van der Waals surface area (Å²) in [5, 5.41) is 15.9. The van der Waals surface area contributed by atoms with Crippen LogP contribution < -0.4 is 15.4 Å². The molecule has 1 aliphatic rings. The van der Waals surface area contributed by atoms with Crippen molar-refractivity contribution in [1.29, 1.82) is 0 Å². The first-order chi connectivity index (χ1) is 18.5. The number of aliphatic hydroxyl groups excluding tert-OH is 1. The van der Waals surface area contributed by atoms with Gasteiger partial charge in [-0.1, -0.05) is 63.2 Å². The van der Waals surface area contributed by atoms with Crippen LogP contribution in [0, 0.1) is 12.3 Å². The van der Waals surface area contributed by atoms with Crippen molar-refractivity contribution in [2.75, 3.05) is 6.54 Å². The smallest absolute Gasteiger partial charge is 0.410 e. The molecule has 3 amide bonds. The maximum Gasteiger partial charge on any atom is 0.413 e. The van der Waals surface area contributed by atoms with Gasteiger partial charge in [0.25, 0.3) is 0 Å². The Bertz CT molecular complexity index is 1300. The lowest BCUT2D eigenvalue weighted by Crippen LogP contribution is -2.58. The molecule has 10 heteroatoms. The van der Waals surface area contributed by atoms with Crippen LogP contribution in [0.3, 0.4) is 0 Å². The number of hydrogen-bond donors (Lipinski definition) is 3. The van der Waals surface area contributed by atoms with Gasteiger partial charge in [0.2, 0.25) is 11.8 Å². The van der Waals surface area contributed by atoms with Crippen LogP contribution in [-0.2, 0) is 16.1 Å². The zero-order chi connectivity index (χ0) is 28.2. The molecule has 9 nitrogen and oxygen atoms in total. The quantitative estimate of drug-likeness (QED) is 0.410. The number of ether oxygens (including phenoxy) is 1. The average Bonchev–Trinajstić information content (AvgIpc) is 3.51. The highest BCUT2D eigenvalue weighted by Gasteiger charge is 2.44. The molecule has 0 radical (unpaired) electrons. The molecular formula is C29H34N4O5S. The number of aliphatic hydroxyl groups is 1. The third-order valence-corrected chi connectivity index (χ3v) is 7.60. The van der Waals surface area contributed by atoms with E-state index < -0.39 is 35.6 Å². The van der Waals surface area contributed by atoms with E-state index in [9.17, 15) is 19.5 Å². The van der Waals surface area contributed by atoms with E-state index in [-0.39, 0.29) is 25.4 Å². The van der Waals surface area contributed by atoms with E-state index in [0.717, 1.165) is 21.7 Å². The van der Waals surface area contributed by atoms with Crippen LogP contribution in [0.15, 0.2) is 60.1 Å². The van der Waals surface area contributed by atoms with Gasteiger partial charge in [-0.3, -0.25) is 9.59 Å². The van der Waals surface area contributed by atoms with E-state index in [1.54, 1.807) is 41.7 Å². The number of benzene rings is 2. The number of amides is 3. The Morgan fingerprint density at radius 2 is 1.82 bits per heavy atom. The van der Waals surface area contributed by atoms with Crippen molar-refractivity contribution in [3.8, 4) is 16.2 Å². The number of aryl methyl sites for hydroxylation is 1. The van der Waals surface area contributed by atoms with Crippen molar-refractivity contribution in [1.82, 2.24) is 20.5 Å². The maximum absolute atomic E-state index is 13.7. The number of likely N-dealkylation sites (tertiary alicyclic amines) is 1. The summed E-state index contributed by atoms with van der Waals surface area (Å²) in [6, 6.07) is 14.6. The van der Waals surface area contributed by atoms with Crippen LogP contribution in [0.1, 0.15) is 38.4 Å². The van der Waals surface area contributed by atoms with Crippen LogP contribution in [0.2, 0.25) is 0 Å². The minimum absolute atomic E-state index is 0.00180. The number of carbonyl (C=O) groups is 3. The fraction of sp³-hybridized carbons (Fsp3) is 0.379. The molecule has 4 rings (SSSR count). The summed E-state index contributed by atoms with van der Waals surface area (Å²) in [7, 11) is 0. The van der Waals surface area contributed by atoms with Crippen molar-refractivity contribution in [2.24, 2.45) is 5.41 Å². The Morgan fingerprint density at radius 1 is 1.13 bits per heavy atom.